The highest BCUT2D eigenvalue weighted by Crippen LogP contribution is 2.40. The summed E-state index contributed by atoms with van der Waals surface area (Å²) in [6, 6.07) is 12.1. The van der Waals surface area contributed by atoms with Gasteiger partial charge in [-0.1, -0.05) is 12.1 Å². The van der Waals surface area contributed by atoms with E-state index in [4.69, 9.17) is 14.2 Å². The SMILES string of the molecule is COc1ccc(C(=O)Nc2ccc3c(c2)CN(S(=O)(=O)c2cccs2)CC3)c(OC)c1OC. The van der Waals surface area contributed by atoms with Crippen molar-refractivity contribution in [3.05, 3.63) is 64.5 Å². The second-order valence-corrected chi connectivity index (χ2v) is 10.5. The highest BCUT2D eigenvalue weighted by Gasteiger charge is 2.29. The number of hydrogen-bond acceptors (Lipinski definition) is 7. The quantitative estimate of drug-likeness (QED) is 0.544. The Morgan fingerprint density at radius 2 is 1.79 bits per heavy atom. The Morgan fingerprint density at radius 1 is 1.00 bits per heavy atom. The summed E-state index contributed by atoms with van der Waals surface area (Å²) in [6.07, 6.45) is 0.609. The summed E-state index contributed by atoms with van der Waals surface area (Å²) in [5.41, 5.74) is 2.77. The summed E-state index contributed by atoms with van der Waals surface area (Å²) in [5, 5.41) is 4.62. The standard InChI is InChI=1S/C23H24N2O6S2/c1-29-19-9-8-18(21(30-2)22(19)31-3)23(26)24-17-7-6-15-10-11-25(14-16(15)13-17)33(27,28)20-5-4-12-32-20/h4-9,12-13H,10-11,14H2,1-3H3,(H,24,26). The van der Waals surface area contributed by atoms with Crippen LogP contribution in [-0.2, 0) is 23.0 Å². The Morgan fingerprint density at radius 3 is 2.45 bits per heavy atom. The van der Waals surface area contributed by atoms with Gasteiger partial charge in [0.1, 0.15) is 4.21 Å². The first-order valence-corrected chi connectivity index (χ1v) is 12.5. The number of rotatable bonds is 7. The van der Waals surface area contributed by atoms with Crippen LogP contribution < -0.4 is 19.5 Å². The second kappa shape index (κ2) is 9.42. The average Bonchev–Trinajstić information content (AvgIpc) is 3.38. The first-order chi connectivity index (χ1) is 15.9. The topological polar surface area (TPSA) is 94.2 Å². The van der Waals surface area contributed by atoms with Crippen LogP contribution in [-0.4, -0.2) is 46.5 Å². The predicted molar refractivity (Wildman–Crippen MR) is 126 cm³/mol. The van der Waals surface area contributed by atoms with E-state index in [0.29, 0.717) is 34.4 Å². The van der Waals surface area contributed by atoms with Gasteiger partial charge in [-0.25, -0.2) is 8.42 Å². The molecule has 0 saturated heterocycles. The number of hydrogen-bond donors (Lipinski definition) is 1. The molecule has 1 N–H and O–H groups in total. The Hall–Kier alpha value is -3.08. The van der Waals surface area contributed by atoms with Crippen LogP contribution >= 0.6 is 11.3 Å². The van der Waals surface area contributed by atoms with E-state index in [2.05, 4.69) is 5.32 Å². The normalized spacial score (nSPS) is 13.8. The molecule has 0 fully saturated rings. The number of sulfonamides is 1. The van der Waals surface area contributed by atoms with Gasteiger partial charge in [-0.3, -0.25) is 4.79 Å². The smallest absolute Gasteiger partial charge is 0.259 e. The van der Waals surface area contributed by atoms with Gasteiger partial charge in [0.15, 0.2) is 11.5 Å². The fraction of sp³-hybridized carbons (Fsp3) is 0.261. The zero-order valence-electron chi connectivity index (χ0n) is 18.5. The van der Waals surface area contributed by atoms with Crippen molar-refractivity contribution in [1.82, 2.24) is 4.31 Å². The summed E-state index contributed by atoms with van der Waals surface area (Å²) in [4.78, 5) is 13.0. The summed E-state index contributed by atoms with van der Waals surface area (Å²) in [7, 11) is 0.892. The summed E-state index contributed by atoms with van der Waals surface area (Å²) in [5.74, 6) is 0.659. The largest absolute Gasteiger partial charge is 0.493 e. The van der Waals surface area contributed by atoms with E-state index in [1.807, 2.05) is 18.2 Å². The molecule has 10 heteroatoms. The van der Waals surface area contributed by atoms with Crippen molar-refractivity contribution >= 4 is 33.0 Å². The summed E-state index contributed by atoms with van der Waals surface area (Å²) >= 11 is 1.21. The van der Waals surface area contributed by atoms with Crippen molar-refractivity contribution < 1.29 is 27.4 Å². The molecule has 1 aliphatic rings. The van der Waals surface area contributed by atoms with Crippen LogP contribution in [0.5, 0.6) is 17.2 Å². The van der Waals surface area contributed by atoms with Gasteiger partial charge in [-0.05, 0) is 53.3 Å². The number of nitrogens with zero attached hydrogens (tertiary/aromatic N) is 1. The Bertz CT molecular complexity index is 1270. The van der Waals surface area contributed by atoms with Gasteiger partial charge in [0, 0.05) is 18.8 Å². The van der Waals surface area contributed by atoms with Crippen LogP contribution in [0.2, 0.25) is 0 Å². The first-order valence-electron chi connectivity index (χ1n) is 10.1. The van der Waals surface area contributed by atoms with Crippen molar-refractivity contribution in [2.24, 2.45) is 0 Å². The molecule has 1 aliphatic heterocycles. The van der Waals surface area contributed by atoms with Crippen molar-refractivity contribution in [3.8, 4) is 17.2 Å². The maximum Gasteiger partial charge on any atom is 0.259 e. The molecule has 1 aromatic heterocycles. The number of methoxy groups -OCH3 is 3. The van der Waals surface area contributed by atoms with E-state index in [1.54, 1.807) is 29.6 Å². The van der Waals surface area contributed by atoms with Gasteiger partial charge in [-0.15, -0.1) is 11.3 Å². The monoisotopic (exact) mass is 488 g/mol. The van der Waals surface area contributed by atoms with Gasteiger partial charge in [0.2, 0.25) is 5.75 Å². The molecule has 0 aliphatic carbocycles. The first kappa shape index (κ1) is 23.1. The van der Waals surface area contributed by atoms with Gasteiger partial charge < -0.3 is 19.5 Å². The van der Waals surface area contributed by atoms with Crippen LogP contribution in [0.1, 0.15) is 21.5 Å². The van der Waals surface area contributed by atoms with E-state index < -0.39 is 10.0 Å². The average molecular weight is 489 g/mol. The van der Waals surface area contributed by atoms with Crippen LogP contribution in [0.3, 0.4) is 0 Å². The molecular formula is C23H24N2O6S2. The third kappa shape index (κ3) is 4.41. The van der Waals surface area contributed by atoms with E-state index in [1.165, 1.54) is 37.0 Å². The zero-order chi connectivity index (χ0) is 23.6. The second-order valence-electron chi connectivity index (χ2n) is 7.34. The van der Waals surface area contributed by atoms with Crippen molar-refractivity contribution in [3.63, 3.8) is 0 Å². The molecule has 2 aromatic carbocycles. The number of fused-ring (bicyclic) bond motifs is 1. The molecule has 1 amide bonds. The molecule has 8 nitrogen and oxygen atoms in total. The lowest BCUT2D eigenvalue weighted by atomic mass is 10.0. The third-order valence-corrected chi connectivity index (χ3v) is 8.70. The number of carbonyl (C=O) groups is 1. The number of carbonyl (C=O) groups excluding carboxylic acids is 1. The van der Waals surface area contributed by atoms with Crippen LogP contribution in [0.25, 0.3) is 0 Å². The minimum Gasteiger partial charge on any atom is -0.493 e. The lowest BCUT2D eigenvalue weighted by Gasteiger charge is -2.28. The predicted octanol–water partition coefficient (Wildman–Crippen LogP) is 3.77. The Kier molecular flexibility index (Phi) is 6.59. The molecule has 0 atom stereocenters. The maximum atomic E-state index is 13.0. The van der Waals surface area contributed by atoms with Crippen LogP contribution in [0.15, 0.2) is 52.1 Å². The molecule has 0 spiro atoms. The fourth-order valence-electron chi connectivity index (χ4n) is 3.83. The number of ether oxygens (including phenoxy) is 3. The van der Waals surface area contributed by atoms with Crippen molar-refractivity contribution in [2.75, 3.05) is 33.2 Å². The minimum absolute atomic E-state index is 0.249. The molecule has 0 radical (unpaired) electrons. The highest BCUT2D eigenvalue weighted by molar-refractivity contribution is 7.91. The number of anilines is 1. The summed E-state index contributed by atoms with van der Waals surface area (Å²) in [6.45, 7) is 0.667. The summed E-state index contributed by atoms with van der Waals surface area (Å²) < 4.78 is 43.7. The lowest BCUT2D eigenvalue weighted by Crippen LogP contribution is -2.35. The Labute approximate surface area is 196 Å². The molecule has 0 unspecified atom stereocenters. The van der Waals surface area contributed by atoms with Gasteiger partial charge in [0.25, 0.3) is 15.9 Å². The van der Waals surface area contributed by atoms with E-state index in [0.717, 1.165) is 11.1 Å². The van der Waals surface area contributed by atoms with Gasteiger partial charge in [0.05, 0.1) is 26.9 Å². The fourth-order valence-corrected chi connectivity index (χ4v) is 6.39. The molecule has 4 rings (SSSR count). The van der Waals surface area contributed by atoms with E-state index in [9.17, 15) is 13.2 Å². The number of amides is 1. The van der Waals surface area contributed by atoms with E-state index in [-0.39, 0.29) is 23.8 Å². The molecule has 174 valence electrons. The lowest BCUT2D eigenvalue weighted by molar-refractivity contribution is 0.102. The van der Waals surface area contributed by atoms with E-state index >= 15 is 0 Å². The Balaban J connectivity index is 1.58. The number of nitrogens with one attached hydrogen (secondary N) is 1. The van der Waals surface area contributed by atoms with Gasteiger partial charge in [-0.2, -0.15) is 4.31 Å². The number of thiophene rings is 1. The number of benzene rings is 2. The molecule has 2 heterocycles. The van der Waals surface area contributed by atoms with Crippen LogP contribution in [0.4, 0.5) is 5.69 Å². The maximum absolute atomic E-state index is 13.0. The molecule has 3 aromatic rings. The molecule has 33 heavy (non-hydrogen) atoms. The van der Waals surface area contributed by atoms with Crippen molar-refractivity contribution in [2.45, 2.75) is 17.2 Å². The minimum atomic E-state index is -3.54. The third-order valence-electron chi connectivity index (χ3n) is 5.48. The molecular weight excluding hydrogens is 464 g/mol. The molecule has 0 saturated carbocycles. The van der Waals surface area contributed by atoms with Crippen LogP contribution in [0, 0.1) is 0 Å². The highest BCUT2D eigenvalue weighted by atomic mass is 32.2. The van der Waals surface area contributed by atoms with Crippen molar-refractivity contribution in [1.29, 1.82) is 0 Å². The zero-order valence-corrected chi connectivity index (χ0v) is 20.1. The molecule has 0 bridgehead atoms. The van der Waals surface area contributed by atoms with Gasteiger partial charge >= 0.3 is 0 Å².